The summed E-state index contributed by atoms with van der Waals surface area (Å²) in [7, 11) is 1.54. The van der Waals surface area contributed by atoms with Crippen molar-refractivity contribution in [2.45, 2.75) is 19.8 Å². The van der Waals surface area contributed by atoms with E-state index in [9.17, 15) is 4.79 Å². The van der Waals surface area contributed by atoms with Gasteiger partial charge in [0.15, 0.2) is 0 Å². The topological polar surface area (TPSA) is 46.5 Å². The highest BCUT2D eigenvalue weighted by Crippen LogP contribution is 2.33. The maximum atomic E-state index is 11.1. The van der Waals surface area contributed by atoms with Gasteiger partial charge in [-0.2, -0.15) is 0 Å². The number of rotatable bonds is 3. The van der Waals surface area contributed by atoms with Crippen LogP contribution in [0.25, 0.3) is 0 Å². The van der Waals surface area contributed by atoms with E-state index in [1.807, 2.05) is 13.8 Å². The standard InChI is InChI=1S/C11H13BrO3/c1-6(2)10-8(11(13)14)4-7(12)5-9(10)15-3/h4-6H,1-3H3,(H,13,14). The number of benzene rings is 1. The molecule has 0 spiro atoms. The van der Waals surface area contributed by atoms with Crippen molar-refractivity contribution in [3.05, 3.63) is 27.7 Å². The molecule has 1 N–H and O–H groups in total. The van der Waals surface area contributed by atoms with E-state index in [1.54, 1.807) is 19.2 Å². The van der Waals surface area contributed by atoms with Crippen LogP contribution in [0.3, 0.4) is 0 Å². The minimum absolute atomic E-state index is 0.110. The zero-order valence-corrected chi connectivity index (χ0v) is 10.5. The van der Waals surface area contributed by atoms with Crippen LogP contribution >= 0.6 is 15.9 Å². The Morgan fingerprint density at radius 2 is 2.07 bits per heavy atom. The molecular formula is C11H13BrO3. The number of halogens is 1. The molecule has 0 radical (unpaired) electrons. The first-order valence-electron chi connectivity index (χ1n) is 4.58. The molecule has 0 aliphatic rings. The molecular weight excluding hydrogens is 260 g/mol. The average molecular weight is 273 g/mol. The summed E-state index contributed by atoms with van der Waals surface area (Å²) in [5.41, 5.74) is 1.02. The van der Waals surface area contributed by atoms with Gasteiger partial charge in [-0.05, 0) is 18.1 Å². The van der Waals surface area contributed by atoms with Crippen molar-refractivity contribution >= 4 is 21.9 Å². The number of hydrogen-bond acceptors (Lipinski definition) is 2. The molecule has 15 heavy (non-hydrogen) atoms. The number of carbonyl (C=O) groups is 1. The van der Waals surface area contributed by atoms with Crippen LogP contribution in [0.2, 0.25) is 0 Å². The molecule has 0 aliphatic heterocycles. The molecule has 0 atom stereocenters. The van der Waals surface area contributed by atoms with Crippen LogP contribution in [0, 0.1) is 0 Å². The lowest BCUT2D eigenvalue weighted by Crippen LogP contribution is -2.06. The van der Waals surface area contributed by atoms with E-state index in [0.717, 1.165) is 5.56 Å². The summed E-state index contributed by atoms with van der Waals surface area (Å²) in [6.45, 7) is 3.89. The SMILES string of the molecule is COc1cc(Br)cc(C(=O)O)c1C(C)C. The summed E-state index contributed by atoms with van der Waals surface area (Å²) in [4.78, 5) is 11.1. The van der Waals surface area contributed by atoms with Gasteiger partial charge in [0, 0.05) is 10.0 Å². The van der Waals surface area contributed by atoms with Gasteiger partial charge < -0.3 is 9.84 Å². The lowest BCUT2D eigenvalue weighted by atomic mass is 9.96. The lowest BCUT2D eigenvalue weighted by molar-refractivity contribution is 0.0694. The van der Waals surface area contributed by atoms with E-state index in [-0.39, 0.29) is 11.5 Å². The third kappa shape index (κ3) is 2.50. The second kappa shape index (κ2) is 4.66. The van der Waals surface area contributed by atoms with Crippen molar-refractivity contribution in [3.8, 4) is 5.75 Å². The summed E-state index contributed by atoms with van der Waals surface area (Å²) in [5, 5.41) is 9.08. The molecule has 0 aromatic heterocycles. The van der Waals surface area contributed by atoms with Gasteiger partial charge in [-0.15, -0.1) is 0 Å². The van der Waals surface area contributed by atoms with Crippen molar-refractivity contribution < 1.29 is 14.6 Å². The molecule has 0 aliphatic carbocycles. The predicted octanol–water partition coefficient (Wildman–Crippen LogP) is 3.28. The van der Waals surface area contributed by atoms with Gasteiger partial charge in [-0.3, -0.25) is 0 Å². The van der Waals surface area contributed by atoms with Gasteiger partial charge in [0.25, 0.3) is 0 Å². The van der Waals surface area contributed by atoms with Crippen LogP contribution in [0.1, 0.15) is 35.7 Å². The molecule has 0 saturated heterocycles. The monoisotopic (exact) mass is 272 g/mol. The Morgan fingerprint density at radius 1 is 1.47 bits per heavy atom. The Bertz CT molecular complexity index is 386. The van der Waals surface area contributed by atoms with E-state index >= 15 is 0 Å². The number of aromatic carboxylic acids is 1. The Labute approximate surface area is 97.2 Å². The quantitative estimate of drug-likeness (QED) is 0.919. The molecule has 0 fully saturated rings. The van der Waals surface area contributed by atoms with Crippen LogP contribution in [-0.4, -0.2) is 18.2 Å². The number of carboxylic acids is 1. The predicted molar refractivity (Wildman–Crippen MR) is 61.7 cm³/mol. The summed E-state index contributed by atoms with van der Waals surface area (Å²) in [6.07, 6.45) is 0. The average Bonchev–Trinajstić information content (AvgIpc) is 2.15. The molecule has 1 aromatic carbocycles. The molecule has 1 aromatic rings. The lowest BCUT2D eigenvalue weighted by Gasteiger charge is -2.15. The van der Waals surface area contributed by atoms with E-state index < -0.39 is 5.97 Å². The zero-order chi connectivity index (χ0) is 11.6. The molecule has 0 amide bonds. The van der Waals surface area contributed by atoms with Crippen LogP contribution in [0.4, 0.5) is 0 Å². The molecule has 0 heterocycles. The van der Waals surface area contributed by atoms with Crippen LogP contribution in [-0.2, 0) is 0 Å². The van der Waals surface area contributed by atoms with Crippen LogP contribution < -0.4 is 4.74 Å². The highest BCUT2D eigenvalue weighted by molar-refractivity contribution is 9.10. The van der Waals surface area contributed by atoms with Crippen molar-refractivity contribution in [1.29, 1.82) is 0 Å². The fourth-order valence-corrected chi connectivity index (χ4v) is 1.97. The van der Waals surface area contributed by atoms with E-state index in [2.05, 4.69) is 15.9 Å². The number of ether oxygens (including phenoxy) is 1. The first kappa shape index (κ1) is 12.0. The van der Waals surface area contributed by atoms with Gasteiger partial charge in [-0.25, -0.2) is 4.79 Å². The smallest absolute Gasteiger partial charge is 0.336 e. The summed E-state index contributed by atoms with van der Waals surface area (Å²) < 4.78 is 5.89. The number of methoxy groups -OCH3 is 1. The van der Waals surface area contributed by atoms with Gasteiger partial charge in [-0.1, -0.05) is 29.8 Å². The minimum Gasteiger partial charge on any atom is -0.496 e. The van der Waals surface area contributed by atoms with E-state index in [0.29, 0.717) is 10.2 Å². The number of carboxylic acid groups (broad SMARTS) is 1. The molecule has 0 bridgehead atoms. The van der Waals surface area contributed by atoms with Crippen molar-refractivity contribution in [3.63, 3.8) is 0 Å². The summed E-state index contributed by atoms with van der Waals surface area (Å²) in [5.74, 6) is -0.214. The van der Waals surface area contributed by atoms with Crippen molar-refractivity contribution in [2.24, 2.45) is 0 Å². The maximum absolute atomic E-state index is 11.1. The second-order valence-corrected chi connectivity index (χ2v) is 4.44. The summed E-state index contributed by atoms with van der Waals surface area (Å²) >= 11 is 3.26. The molecule has 0 saturated carbocycles. The Morgan fingerprint density at radius 3 is 2.47 bits per heavy atom. The van der Waals surface area contributed by atoms with E-state index in [4.69, 9.17) is 9.84 Å². The largest absolute Gasteiger partial charge is 0.496 e. The Hall–Kier alpha value is -1.03. The second-order valence-electron chi connectivity index (χ2n) is 3.53. The highest BCUT2D eigenvalue weighted by Gasteiger charge is 2.18. The Kier molecular flexibility index (Phi) is 3.74. The van der Waals surface area contributed by atoms with Gasteiger partial charge >= 0.3 is 5.97 Å². The molecule has 4 heteroatoms. The number of hydrogen-bond donors (Lipinski definition) is 1. The molecule has 0 unspecified atom stereocenters. The maximum Gasteiger partial charge on any atom is 0.336 e. The minimum atomic E-state index is -0.932. The normalized spacial score (nSPS) is 10.5. The zero-order valence-electron chi connectivity index (χ0n) is 8.87. The van der Waals surface area contributed by atoms with E-state index in [1.165, 1.54) is 0 Å². The van der Waals surface area contributed by atoms with Crippen molar-refractivity contribution in [1.82, 2.24) is 0 Å². The van der Waals surface area contributed by atoms with Gasteiger partial charge in [0.05, 0.1) is 12.7 Å². The fraction of sp³-hybridized carbons (Fsp3) is 0.364. The first-order valence-corrected chi connectivity index (χ1v) is 5.37. The first-order chi connectivity index (χ1) is 6.97. The molecule has 1 rings (SSSR count). The molecule has 82 valence electrons. The van der Waals surface area contributed by atoms with Gasteiger partial charge in [0.1, 0.15) is 5.75 Å². The van der Waals surface area contributed by atoms with Crippen LogP contribution in [0.15, 0.2) is 16.6 Å². The fourth-order valence-electron chi connectivity index (χ4n) is 1.53. The van der Waals surface area contributed by atoms with Crippen LogP contribution in [0.5, 0.6) is 5.75 Å². The third-order valence-electron chi connectivity index (χ3n) is 2.13. The van der Waals surface area contributed by atoms with Crippen molar-refractivity contribution in [2.75, 3.05) is 7.11 Å². The highest BCUT2D eigenvalue weighted by atomic mass is 79.9. The Balaban J connectivity index is 3.47. The molecule has 3 nitrogen and oxygen atoms in total. The third-order valence-corrected chi connectivity index (χ3v) is 2.59. The summed E-state index contributed by atoms with van der Waals surface area (Å²) in [6, 6.07) is 3.38. The van der Waals surface area contributed by atoms with Gasteiger partial charge in [0.2, 0.25) is 0 Å².